The summed E-state index contributed by atoms with van der Waals surface area (Å²) in [6, 6.07) is 15.0. The largest absolute Gasteiger partial charge is 0.352 e. The van der Waals surface area contributed by atoms with Crippen LogP contribution < -0.4 is 15.5 Å². The van der Waals surface area contributed by atoms with Crippen molar-refractivity contribution in [3.05, 3.63) is 59.7 Å². The maximum atomic E-state index is 12.5. The Bertz CT molecular complexity index is 861. The number of carbonyl (C=O) groups is 3. The van der Waals surface area contributed by atoms with Crippen LogP contribution in [0, 0.1) is 12.8 Å². The highest BCUT2D eigenvalue weighted by atomic mass is 16.2. The van der Waals surface area contributed by atoms with Crippen LogP contribution in [0.1, 0.15) is 24.5 Å². The zero-order chi connectivity index (χ0) is 19.4. The van der Waals surface area contributed by atoms with Crippen molar-refractivity contribution in [3.8, 4) is 0 Å². The van der Waals surface area contributed by atoms with Gasteiger partial charge in [0.05, 0.1) is 5.92 Å². The second-order valence-electron chi connectivity index (χ2n) is 6.84. The number of anilines is 2. The van der Waals surface area contributed by atoms with Crippen LogP contribution in [0.25, 0.3) is 0 Å². The fraction of sp³-hybridized carbons (Fsp3) is 0.286. The minimum atomic E-state index is -0.364. The van der Waals surface area contributed by atoms with E-state index in [0.29, 0.717) is 18.8 Å². The van der Waals surface area contributed by atoms with E-state index in [9.17, 15) is 14.4 Å². The van der Waals surface area contributed by atoms with Crippen molar-refractivity contribution in [2.45, 2.75) is 26.8 Å². The van der Waals surface area contributed by atoms with Crippen LogP contribution in [0.15, 0.2) is 48.5 Å². The highest BCUT2D eigenvalue weighted by Gasteiger charge is 2.34. The normalized spacial score (nSPS) is 16.3. The van der Waals surface area contributed by atoms with Crippen molar-refractivity contribution in [2.75, 3.05) is 16.8 Å². The molecule has 0 aliphatic carbocycles. The third kappa shape index (κ3) is 4.73. The van der Waals surface area contributed by atoms with E-state index in [4.69, 9.17) is 0 Å². The van der Waals surface area contributed by atoms with Gasteiger partial charge in [0.15, 0.2) is 0 Å². The zero-order valence-electron chi connectivity index (χ0n) is 15.5. The highest BCUT2D eigenvalue weighted by Crippen LogP contribution is 2.26. The minimum absolute atomic E-state index is 0.0713. The zero-order valence-corrected chi connectivity index (χ0v) is 15.5. The third-order valence-corrected chi connectivity index (χ3v) is 4.54. The molecule has 2 aromatic rings. The molecule has 0 saturated carbocycles. The van der Waals surface area contributed by atoms with Crippen molar-refractivity contribution >= 4 is 29.1 Å². The maximum Gasteiger partial charge on any atom is 0.227 e. The predicted octanol–water partition coefficient (Wildman–Crippen LogP) is 2.62. The molecule has 0 bridgehead atoms. The Kier molecular flexibility index (Phi) is 5.54. The number of carbonyl (C=O) groups excluding carboxylic acids is 3. The fourth-order valence-corrected chi connectivity index (χ4v) is 3.22. The summed E-state index contributed by atoms with van der Waals surface area (Å²) in [5.41, 5.74) is 3.58. The molecule has 1 aliphatic heterocycles. The van der Waals surface area contributed by atoms with Crippen molar-refractivity contribution in [2.24, 2.45) is 5.92 Å². The van der Waals surface area contributed by atoms with E-state index in [1.807, 2.05) is 31.2 Å². The number of nitrogens with zero attached hydrogens (tertiary/aromatic N) is 1. The van der Waals surface area contributed by atoms with Crippen LogP contribution in [0.4, 0.5) is 11.4 Å². The van der Waals surface area contributed by atoms with Gasteiger partial charge in [0.2, 0.25) is 17.7 Å². The Hall–Kier alpha value is -3.15. The lowest BCUT2D eigenvalue weighted by Gasteiger charge is -2.17. The molecule has 1 atom stereocenters. The van der Waals surface area contributed by atoms with Crippen molar-refractivity contribution in [3.63, 3.8) is 0 Å². The molecule has 6 heteroatoms. The van der Waals surface area contributed by atoms with Gasteiger partial charge >= 0.3 is 0 Å². The molecule has 3 amide bonds. The lowest BCUT2D eigenvalue weighted by molar-refractivity contribution is -0.126. The van der Waals surface area contributed by atoms with Gasteiger partial charge in [-0.1, -0.05) is 29.8 Å². The molecule has 1 saturated heterocycles. The molecule has 0 aromatic heterocycles. The molecule has 1 heterocycles. The minimum Gasteiger partial charge on any atom is -0.352 e. The second kappa shape index (κ2) is 8.03. The summed E-state index contributed by atoms with van der Waals surface area (Å²) in [6.45, 7) is 4.27. The number of benzene rings is 2. The smallest absolute Gasteiger partial charge is 0.227 e. The number of nitrogens with one attached hydrogen (secondary N) is 2. The van der Waals surface area contributed by atoms with Gasteiger partial charge in [0, 0.05) is 37.8 Å². The van der Waals surface area contributed by atoms with Gasteiger partial charge in [-0.2, -0.15) is 0 Å². The van der Waals surface area contributed by atoms with Crippen LogP contribution >= 0.6 is 0 Å². The van der Waals surface area contributed by atoms with E-state index in [1.54, 1.807) is 29.2 Å². The molecule has 2 aromatic carbocycles. The average molecular weight is 365 g/mol. The molecule has 27 heavy (non-hydrogen) atoms. The molecule has 3 rings (SSSR count). The monoisotopic (exact) mass is 365 g/mol. The van der Waals surface area contributed by atoms with E-state index >= 15 is 0 Å². The van der Waals surface area contributed by atoms with Crippen LogP contribution in [0.2, 0.25) is 0 Å². The van der Waals surface area contributed by atoms with Crippen LogP contribution in [-0.4, -0.2) is 24.3 Å². The molecule has 2 N–H and O–H groups in total. The standard InChI is InChI=1S/C21H23N3O3/c1-14-4-3-5-16(10-14)12-22-21(27)17-11-20(26)24(13-17)19-8-6-18(7-9-19)23-15(2)25/h3-10,17H,11-13H2,1-2H3,(H,22,27)(H,23,25). The van der Waals surface area contributed by atoms with Gasteiger partial charge in [0.25, 0.3) is 0 Å². The predicted molar refractivity (Wildman–Crippen MR) is 104 cm³/mol. The highest BCUT2D eigenvalue weighted by molar-refractivity contribution is 6.00. The quantitative estimate of drug-likeness (QED) is 0.855. The fourth-order valence-electron chi connectivity index (χ4n) is 3.22. The van der Waals surface area contributed by atoms with Crippen LogP contribution in [-0.2, 0) is 20.9 Å². The first kappa shape index (κ1) is 18.6. The summed E-state index contributed by atoms with van der Waals surface area (Å²) >= 11 is 0. The second-order valence-corrected chi connectivity index (χ2v) is 6.84. The lowest BCUT2D eigenvalue weighted by atomic mass is 10.1. The van der Waals surface area contributed by atoms with E-state index in [1.165, 1.54) is 6.92 Å². The SMILES string of the molecule is CC(=O)Nc1ccc(N2CC(C(=O)NCc3cccc(C)c3)CC2=O)cc1. The Balaban J connectivity index is 1.59. The number of amides is 3. The van der Waals surface area contributed by atoms with Crippen molar-refractivity contribution in [1.29, 1.82) is 0 Å². The van der Waals surface area contributed by atoms with E-state index < -0.39 is 0 Å². The molecule has 140 valence electrons. The Labute approximate surface area is 158 Å². The first-order chi connectivity index (χ1) is 12.9. The summed E-state index contributed by atoms with van der Waals surface area (Å²) in [4.78, 5) is 37.5. The molecule has 6 nitrogen and oxygen atoms in total. The van der Waals surface area contributed by atoms with Gasteiger partial charge in [-0.15, -0.1) is 0 Å². The van der Waals surface area contributed by atoms with E-state index in [0.717, 1.165) is 16.8 Å². The van der Waals surface area contributed by atoms with E-state index in [-0.39, 0.29) is 30.1 Å². The number of hydrogen-bond acceptors (Lipinski definition) is 3. The maximum absolute atomic E-state index is 12.5. The van der Waals surface area contributed by atoms with Crippen molar-refractivity contribution in [1.82, 2.24) is 5.32 Å². The van der Waals surface area contributed by atoms with Crippen LogP contribution in [0.5, 0.6) is 0 Å². The number of aryl methyl sites for hydroxylation is 1. The summed E-state index contributed by atoms with van der Waals surface area (Å²) < 4.78 is 0. The van der Waals surface area contributed by atoms with Gasteiger partial charge in [-0.05, 0) is 36.8 Å². The molecular weight excluding hydrogens is 342 g/mol. The first-order valence-electron chi connectivity index (χ1n) is 8.93. The third-order valence-electron chi connectivity index (χ3n) is 4.54. The van der Waals surface area contributed by atoms with Crippen molar-refractivity contribution < 1.29 is 14.4 Å². The summed E-state index contributed by atoms with van der Waals surface area (Å²) in [7, 11) is 0. The number of rotatable bonds is 5. The van der Waals surface area contributed by atoms with Gasteiger partial charge in [-0.3, -0.25) is 14.4 Å². The van der Waals surface area contributed by atoms with Gasteiger partial charge in [0.1, 0.15) is 0 Å². The summed E-state index contributed by atoms with van der Waals surface area (Å²) in [5.74, 6) is -0.692. The topological polar surface area (TPSA) is 78.5 Å². The lowest BCUT2D eigenvalue weighted by Crippen LogP contribution is -2.32. The molecule has 1 fully saturated rings. The Morgan fingerprint density at radius 3 is 2.56 bits per heavy atom. The molecule has 1 unspecified atom stereocenters. The van der Waals surface area contributed by atoms with E-state index in [2.05, 4.69) is 10.6 Å². The first-order valence-corrected chi connectivity index (χ1v) is 8.93. The van der Waals surface area contributed by atoms with Gasteiger partial charge in [-0.25, -0.2) is 0 Å². The molecular formula is C21H23N3O3. The molecule has 0 radical (unpaired) electrons. The summed E-state index contributed by atoms with van der Waals surface area (Å²) in [6.07, 6.45) is 0.201. The molecule has 0 spiro atoms. The average Bonchev–Trinajstić information content (AvgIpc) is 3.02. The Morgan fingerprint density at radius 2 is 1.89 bits per heavy atom. The Morgan fingerprint density at radius 1 is 1.15 bits per heavy atom. The number of hydrogen-bond donors (Lipinski definition) is 2. The van der Waals surface area contributed by atoms with Gasteiger partial charge < -0.3 is 15.5 Å². The van der Waals surface area contributed by atoms with Crippen LogP contribution in [0.3, 0.4) is 0 Å². The summed E-state index contributed by atoms with van der Waals surface area (Å²) in [5, 5.41) is 5.62. The molecule has 1 aliphatic rings.